The molecule has 1 fully saturated rings. The van der Waals surface area contributed by atoms with E-state index < -0.39 is 0 Å². The van der Waals surface area contributed by atoms with Gasteiger partial charge in [0, 0.05) is 53.4 Å². The van der Waals surface area contributed by atoms with Gasteiger partial charge in [0.25, 0.3) is 0 Å². The molecule has 5 rings (SSSR count). The molecule has 0 aliphatic carbocycles. The summed E-state index contributed by atoms with van der Waals surface area (Å²) in [6.45, 7) is 1.16. The van der Waals surface area contributed by atoms with Crippen LogP contribution >= 0.6 is 11.6 Å². The van der Waals surface area contributed by atoms with Crippen LogP contribution < -0.4 is 14.8 Å². The number of hydrogen-bond donors (Lipinski definition) is 2. The summed E-state index contributed by atoms with van der Waals surface area (Å²) in [7, 11) is 0. The number of amides is 2. The molecular formula is C22H20ClN3O4. The Morgan fingerprint density at radius 2 is 2.07 bits per heavy atom. The summed E-state index contributed by atoms with van der Waals surface area (Å²) >= 11 is 6.11. The van der Waals surface area contributed by atoms with Gasteiger partial charge in [-0.2, -0.15) is 0 Å². The molecule has 1 aromatic heterocycles. The minimum Gasteiger partial charge on any atom is -0.454 e. The standard InChI is InChI=1S/C22H20ClN3O4/c23-15-1-3-18-17(8-15)13(10-24-18)5-6-26-11-14(7-21(26)27)22(28)25-16-2-4-19-20(9-16)30-12-29-19/h1-4,8-10,14,24H,5-7,11-12H2,(H,25,28)/t14-/m0/s1. The number of carbonyl (C=O) groups is 2. The van der Waals surface area contributed by atoms with Gasteiger partial charge in [-0.05, 0) is 42.3 Å². The summed E-state index contributed by atoms with van der Waals surface area (Å²) in [5.74, 6) is 0.729. The number of ether oxygens (including phenoxy) is 2. The smallest absolute Gasteiger partial charge is 0.231 e. The number of anilines is 1. The van der Waals surface area contributed by atoms with Crippen LogP contribution in [0.4, 0.5) is 5.69 Å². The Balaban J connectivity index is 1.21. The second-order valence-corrected chi connectivity index (χ2v) is 7.99. The zero-order valence-corrected chi connectivity index (χ0v) is 16.9. The summed E-state index contributed by atoms with van der Waals surface area (Å²) in [5, 5.41) is 4.62. The fourth-order valence-electron chi connectivity index (χ4n) is 4.00. The number of aromatic nitrogens is 1. The van der Waals surface area contributed by atoms with E-state index >= 15 is 0 Å². The van der Waals surface area contributed by atoms with Gasteiger partial charge < -0.3 is 24.7 Å². The molecule has 3 heterocycles. The summed E-state index contributed by atoms with van der Waals surface area (Å²) < 4.78 is 10.6. The van der Waals surface area contributed by atoms with Crippen LogP contribution in [0, 0.1) is 5.92 Å². The largest absolute Gasteiger partial charge is 0.454 e. The van der Waals surface area contributed by atoms with Crippen LogP contribution in [-0.4, -0.2) is 41.6 Å². The normalized spacial score (nSPS) is 17.7. The summed E-state index contributed by atoms with van der Waals surface area (Å²) in [6, 6.07) is 11.0. The number of carbonyl (C=O) groups excluding carboxylic acids is 2. The molecule has 3 aromatic rings. The molecule has 0 spiro atoms. The van der Waals surface area contributed by atoms with Crippen LogP contribution in [0.2, 0.25) is 5.02 Å². The van der Waals surface area contributed by atoms with Crippen molar-refractivity contribution < 1.29 is 19.1 Å². The molecule has 1 atom stereocenters. The Morgan fingerprint density at radius 1 is 1.20 bits per heavy atom. The number of likely N-dealkylation sites (tertiary alicyclic amines) is 1. The van der Waals surface area contributed by atoms with Crippen molar-refractivity contribution in [3.63, 3.8) is 0 Å². The van der Waals surface area contributed by atoms with E-state index in [1.165, 1.54) is 0 Å². The fourth-order valence-corrected chi connectivity index (χ4v) is 4.17. The Morgan fingerprint density at radius 3 is 2.97 bits per heavy atom. The van der Waals surface area contributed by atoms with E-state index in [1.54, 1.807) is 23.1 Å². The Hall–Kier alpha value is -3.19. The summed E-state index contributed by atoms with van der Waals surface area (Å²) in [6.07, 6.45) is 2.87. The molecule has 7 nitrogen and oxygen atoms in total. The molecule has 2 aliphatic heterocycles. The number of nitrogens with one attached hydrogen (secondary N) is 2. The van der Waals surface area contributed by atoms with Crippen LogP contribution in [0.15, 0.2) is 42.6 Å². The third-order valence-corrected chi connectivity index (χ3v) is 5.84. The molecule has 0 unspecified atom stereocenters. The number of H-pyrrole nitrogens is 1. The van der Waals surface area contributed by atoms with E-state index in [0.29, 0.717) is 41.7 Å². The molecule has 2 aromatic carbocycles. The monoisotopic (exact) mass is 425 g/mol. The van der Waals surface area contributed by atoms with Gasteiger partial charge in [0.05, 0.1) is 5.92 Å². The highest BCUT2D eigenvalue weighted by Crippen LogP contribution is 2.34. The maximum Gasteiger partial charge on any atom is 0.231 e. The van der Waals surface area contributed by atoms with Gasteiger partial charge in [0.1, 0.15) is 0 Å². The first kappa shape index (κ1) is 18.8. The highest BCUT2D eigenvalue weighted by molar-refractivity contribution is 6.31. The van der Waals surface area contributed by atoms with Crippen molar-refractivity contribution >= 4 is 40.0 Å². The van der Waals surface area contributed by atoms with Crippen LogP contribution in [0.1, 0.15) is 12.0 Å². The van der Waals surface area contributed by atoms with Gasteiger partial charge in [-0.25, -0.2) is 0 Å². The zero-order valence-electron chi connectivity index (χ0n) is 16.1. The fraction of sp³-hybridized carbons (Fsp3) is 0.273. The minimum atomic E-state index is -0.375. The lowest BCUT2D eigenvalue weighted by atomic mass is 10.1. The predicted molar refractivity (Wildman–Crippen MR) is 113 cm³/mol. The lowest BCUT2D eigenvalue weighted by Gasteiger charge is -2.16. The van der Waals surface area contributed by atoms with Crippen molar-refractivity contribution in [3.05, 3.63) is 53.2 Å². The third kappa shape index (κ3) is 3.57. The second-order valence-electron chi connectivity index (χ2n) is 7.55. The number of hydrogen-bond acceptors (Lipinski definition) is 4. The number of aromatic amines is 1. The van der Waals surface area contributed by atoms with Gasteiger partial charge in [-0.3, -0.25) is 9.59 Å². The molecular weight excluding hydrogens is 406 g/mol. The maximum atomic E-state index is 12.7. The minimum absolute atomic E-state index is 0.00119. The predicted octanol–water partition coefficient (Wildman–Crippen LogP) is 3.58. The number of halogens is 1. The molecule has 1 saturated heterocycles. The van der Waals surface area contributed by atoms with Crippen molar-refractivity contribution in [3.8, 4) is 11.5 Å². The van der Waals surface area contributed by atoms with Crippen LogP contribution in [-0.2, 0) is 16.0 Å². The molecule has 2 amide bonds. The van der Waals surface area contributed by atoms with Crippen molar-refractivity contribution in [2.24, 2.45) is 5.92 Å². The third-order valence-electron chi connectivity index (χ3n) is 5.61. The average molecular weight is 426 g/mol. The topological polar surface area (TPSA) is 83.7 Å². The summed E-state index contributed by atoms with van der Waals surface area (Å²) in [5.41, 5.74) is 2.75. The Bertz CT molecular complexity index is 1140. The van der Waals surface area contributed by atoms with E-state index in [0.717, 1.165) is 16.5 Å². The van der Waals surface area contributed by atoms with Gasteiger partial charge in [0.15, 0.2) is 11.5 Å². The van der Waals surface area contributed by atoms with Crippen molar-refractivity contribution in [1.29, 1.82) is 0 Å². The molecule has 0 bridgehead atoms. The lowest BCUT2D eigenvalue weighted by Crippen LogP contribution is -2.30. The van der Waals surface area contributed by atoms with Crippen LogP contribution in [0.5, 0.6) is 11.5 Å². The van der Waals surface area contributed by atoms with Crippen molar-refractivity contribution in [2.45, 2.75) is 12.8 Å². The Kier molecular flexibility index (Phi) is 4.75. The Labute approximate surface area is 177 Å². The van der Waals surface area contributed by atoms with Gasteiger partial charge in [-0.15, -0.1) is 0 Å². The van der Waals surface area contributed by atoms with E-state index in [2.05, 4.69) is 10.3 Å². The number of nitrogens with zero attached hydrogens (tertiary/aromatic N) is 1. The molecule has 8 heteroatoms. The first-order valence-electron chi connectivity index (χ1n) is 9.80. The van der Waals surface area contributed by atoms with Gasteiger partial charge in [-0.1, -0.05) is 11.6 Å². The first-order chi connectivity index (χ1) is 14.6. The average Bonchev–Trinajstić information content (AvgIpc) is 3.44. The van der Waals surface area contributed by atoms with E-state index in [4.69, 9.17) is 21.1 Å². The maximum absolute atomic E-state index is 12.7. The number of rotatable bonds is 5. The van der Waals surface area contributed by atoms with Gasteiger partial charge >= 0.3 is 0 Å². The van der Waals surface area contributed by atoms with Gasteiger partial charge in [0.2, 0.25) is 18.6 Å². The first-order valence-corrected chi connectivity index (χ1v) is 10.2. The van der Waals surface area contributed by atoms with E-state index in [-0.39, 0.29) is 30.9 Å². The number of benzene rings is 2. The number of fused-ring (bicyclic) bond motifs is 2. The van der Waals surface area contributed by atoms with Crippen LogP contribution in [0.25, 0.3) is 10.9 Å². The zero-order chi connectivity index (χ0) is 20.7. The molecule has 2 N–H and O–H groups in total. The molecule has 0 radical (unpaired) electrons. The van der Waals surface area contributed by atoms with E-state index in [1.807, 2.05) is 24.4 Å². The summed E-state index contributed by atoms with van der Waals surface area (Å²) in [4.78, 5) is 30.1. The molecule has 30 heavy (non-hydrogen) atoms. The van der Waals surface area contributed by atoms with Crippen LogP contribution in [0.3, 0.4) is 0 Å². The molecule has 154 valence electrons. The second kappa shape index (κ2) is 7.57. The van der Waals surface area contributed by atoms with Crippen molar-refractivity contribution in [1.82, 2.24) is 9.88 Å². The van der Waals surface area contributed by atoms with Crippen molar-refractivity contribution in [2.75, 3.05) is 25.2 Å². The molecule has 2 aliphatic rings. The van der Waals surface area contributed by atoms with E-state index in [9.17, 15) is 9.59 Å². The highest BCUT2D eigenvalue weighted by atomic mass is 35.5. The highest BCUT2D eigenvalue weighted by Gasteiger charge is 2.34. The molecule has 0 saturated carbocycles. The lowest BCUT2D eigenvalue weighted by molar-refractivity contribution is -0.128. The quantitative estimate of drug-likeness (QED) is 0.654. The SMILES string of the molecule is O=C(Nc1ccc2c(c1)OCO2)[C@H]1CC(=O)N(CCc2c[nH]c3ccc(Cl)cc23)C1.